The largest absolute Gasteiger partial charge is 0.494 e. The number of ether oxygens (including phenoxy) is 3. The number of rotatable bonds is 13. The van der Waals surface area contributed by atoms with Crippen LogP contribution in [0.3, 0.4) is 0 Å². The molecule has 0 spiro atoms. The van der Waals surface area contributed by atoms with E-state index in [-0.39, 0.29) is 0 Å². The minimum atomic E-state index is 0.715. The van der Waals surface area contributed by atoms with Crippen molar-refractivity contribution in [3.63, 3.8) is 0 Å². The topological polar surface area (TPSA) is 43.8 Å². The first-order valence-corrected chi connectivity index (χ1v) is 11.8. The highest BCUT2D eigenvalue weighted by molar-refractivity contribution is 9.10. The zero-order valence-corrected chi connectivity index (χ0v) is 20.0. The highest BCUT2D eigenvalue weighted by Gasteiger charge is 2.10. The predicted molar refractivity (Wildman–Crippen MR) is 128 cm³/mol. The fraction of sp³-hybridized carbons (Fsp3) is 0.435. The van der Waals surface area contributed by atoms with E-state index >= 15 is 0 Å². The van der Waals surface area contributed by atoms with Gasteiger partial charge in [0, 0.05) is 42.7 Å². The van der Waals surface area contributed by atoms with Crippen molar-refractivity contribution in [3.8, 4) is 17.0 Å². The maximum Gasteiger partial charge on any atom is 0.120 e. The molecule has 2 aromatic carbocycles. The Bertz CT molecular complexity index is 893. The van der Waals surface area contributed by atoms with Crippen LogP contribution in [0.1, 0.15) is 12.8 Å². The summed E-state index contributed by atoms with van der Waals surface area (Å²) in [5.41, 5.74) is 2.16. The highest BCUT2D eigenvalue weighted by Crippen LogP contribution is 2.33. The number of aromatic nitrogens is 1. The fourth-order valence-corrected chi connectivity index (χ4v) is 4.32. The van der Waals surface area contributed by atoms with E-state index in [4.69, 9.17) is 14.2 Å². The van der Waals surface area contributed by atoms with Gasteiger partial charge in [0.05, 0.1) is 30.2 Å². The molecule has 30 heavy (non-hydrogen) atoms. The summed E-state index contributed by atoms with van der Waals surface area (Å²) in [5.74, 6) is 0.907. The second kappa shape index (κ2) is 12.4. The number of hydrogen-bond acceptors (Lipinski definition) is 6. The van der Waals surface area contributed by atoms with E-state index in [0.29, 0.717) is 6.61 Å². The number of unbranched alkanes of at least 4 members (excludes halogenated alkanes) is 1. The molecule has 0 N–H and O–H groups in total. The molecule has 0 amide bonds. The summed E-state index contributed by atoms with van der Waals surface area (Å²) in [5, 5.41) is 1.17. The van der Waals surface area contributed by atoms with Gasteiger partial charge >= 0.3 is 0 Å². The van der Waals surface area contributed by atoms with Crippen LogP contribution in [-0.4, -0.2) is 62.9 Å². The summed E-state index contributed by atoms with van der Waals surface area (Å²) < 4.78 is 23.3. The molecule has 0 unspecified atom stereocenters. The summed E-state index contributed by atoms with van der Waals surface area (Å²) in [4.78, 5) is 2.38. The van der Waals surface area contributed by atoms with Crippen molar-refractivity contribution in [2.75, 3.05) is 53.7 Å². The molecule has 7 heteroatoms. The summed E-state index contributed by atoms with van der Waals surface area (Å²) in [6.07, 6.45) is 2.10. The maximum atomic E-state index is 5.99. The van der Waals surface area contributed by atoms with E-state index in [9.17, 15) is 0 Å². The molecule has 0 radical (unpaired) electrons. The Morgan fingerprint density at radius 2 is 1.63 bits per heavy atom. The summed E-state index contributed by atoms with van der Waals surface area (Å²) in [6.45, 7) is 5.11. The Morgan fingerprint density at radius 3 is 2.33 bits per heavy atom. The minimum Gasteiger partial charge on any atom is -0.494 e. The first-order chi connectivity index (χ1) is 14.7. The molecule has 1 aromatic heterocycles. The van der Waals surface area contributed by atoms with Crippen molar-refractivity contribution in [3.05, 3.63) is 46.9 Å². The van der Waals surface area contributed by atoms with E-state index in [2.05, 4.69) is 49.5 Å². The first-order valence-electron chi connectivity index (χ1n) is 10.2. The molecule has 3 rings (SSSR count). The van der Waals surface area contributed by atoms with Gasteiger partial charge < -0.3 is 14.2 Å². The van der Waals surface area contributed by atoms with Crippen LogP contribution in [-0.2, 0) is 9.47 Å². The van der Waals surface area contributed by atoms with Crippen molar-refractivity contribution in [2.24, 2.45) is 0 Å². The summed E-state index contributed by atoms with van der Waals surface area (Å²) in [7, 11) is 3.48. The molecule has 162 valence electrons. The van der Waals surface area contributed by atoms with Gasteiger partial charge in [0.15, 0.2) is 0 Å². The number of fused-ring (bicyclic) bond motifs is 1. The van der Waals surface area contributed by atoms with Gasteiger partial charge in [-0.25, -0.2) is 0 Å². The lowest BCUT2D eigenvalue weighted by molar-refractivity contribution is 0.112. The van der Waals surface area contributed by atoms with Crippen LogP contribution in [0.5, 0.6) is 5.75 Å². The van der Waals surface area contributed by atoms with E-state index < -0.39 is 0 Å². The van der Waals surface area contributed by atoms with E-state index in [1.54, 1.807) is 14.2 Å². The monoisotopic (exact) mass is 492 g/mol. The molecule has 1 heterocycles. The van der Waals surface area contributed by atoms with Gasteiger partial charge in [-0.2, -0.15) is 4.37 Å². The van der Waals surface area contributed by atoms with Crippen LogP contribution in [0.15, 0.2) is 46.9 Å². The number of halogens is 1. The SMILES string of the molecule is COCCN(CCCCOc1ccc2c(-c3ccc(Br)cc3)nsc2c1)CCOC. The number of methoxy groups -OCH3 is 2. The summed E-state index contributed by atoms with van der Waals surface area (Å²) >= 11 is 5.00. The molecule has 0 saturated carbocycles. The molecular formula is C23H29BrN2O3S. The third-order valence-corrected chi connectivity index (χ3v) is 6.26. The molecule has 0 atom stereocenters. The lowest BCUT2D eigenvalue weighted by Crippen LogP contribution is -2.31. The van der Waals surface area contributed by atoms with Gasteiger partial charge in [-0.3, -0.25) is 4.90 Å². The molecular weight excluding hydrogens is 464 g/mol. The smallest absolute Gasteiger partial charge is 0.120 e. The van der Waals surface area contributed by atoms with Crippen molar-refractivity contribution in [1.82, 2.24) is 9.27 Å². The Kier molecular flexibility index (Phi) is 9.55. The second-order valence-electron chi connectivity index (χ2n) is 7.08. The normalized spacial score (nSPS) is 11.5. The average Bonchev–Trinajstić information content (AvgIpc) is 3.18. The van der Waals surface area contributed by atoms with E-state index in [1.165, 1.54) is 16.9 Å². The van der Waals surface area contributed by atoms with Gasteiger partial charge in [0.1, 0.15) is 5.75 Å². The third-order valence-electron chi connectivity index (χ3n) is 4.92. The Balaban J connectivity index is 1.49. The van der Waals surface area contributed by atoms with Gasteiger partial charge in [0.2, 0.25) is 0 Å². The predicted octanol–water partition coefficient (Wildman–Crippen LogP) is 5.48. The Morgan fingerprint density at radius 1 is 0.900 bits per heavy atom. The van der Waals surface area contributed by atoms with Crippen molar-refractivity contribution in [1.29, 1.82) is 0 Å². The van der Waals surface area contributed by atoms with Crippen LogP contribution in [0.2, 0.25) is 0 Å². The van der Waals surface area contributed by atoms with Crippen LogP contribution in [0.4, 0.5) is 0 Å². The molecule has 0 aliphatic heterocycles. The Hall–Kier alpha value is -1.51. The second-order valence-corrected chi connectivity index (χ2v) is 8.80. The van der Waals surface area contributed by atoms with Crippen LogP contribution >= 0.6 is 27.5 Å². The van der Waals surface area contributed by atoms with Crippen LogP contribution < -0.4 is 4.74 Å². The lowest BCUT2D eigenvalue weighted by Gasteiger charge is -2.21. The molecule has 0 fully saturated rings. The third kappa shape index (κ3) is 6.75. The number of nitrogens with zero attached hydrogens (tertiary/aromatic N) is 2. The maximum absolute atomic E-state index is 5.99. The molecule has 5 nitrogen and oxygen atoms in total. The van der Waals surface area contributed by atoms with Crippen molar-refractivity contribution >= 4 is 37.5 Å². The highest BCUT2D eigenvalue weighted by atomic mass is 79.9. The van der Waals surface area contributed by atoms with Crippen molar-refractivity contribution < 1.29 is 14.2 Å². The van der Waals surface area contributed by atoms with Crippen LogP contribution in [0.25, 0.3) is 21.3 Å². The van der Waals surface area contributed by atoms with E-state index in [1.807, 2.05) is 18.2 Å². The Labute approximate surface area is 191 Å². The molecule has 0 aliphatic carbocycles. The first kappa shape index (κ1) is 23.2. The van der Waals surface area contributed by atoms with Gasteiger partial charge in [-0.1, -0.05) is 28.1 Å². The van der Waals surface area contributed by atoms with Gasteiger partial charge in [0.25, 0.3) is 0 Å². The van der Waals surface area contributed by atoms with Gasteiger partial charge in [-0.05, 0) is 61.3 Å². The van der Waals surface area contributed by atoms with Crippen LogP contribution in [0, 0.1) is 0 Å². The molecule has 3 aromatic rings. The van der Waals surface area contributed by atoms with E-state index in [0.717, 1.165) is 71.9 Å². The zero-order chi connectivity index (χ0) is 21.2. The zero-order valence-electron chi connectivity index (χ0n) is 17.6. The average molecular weight is 493 g/mol. The molecule has 0 aliphatic rings. The number of benzene rings is 2. The fourth-order valence-electron chi connectivity index (χ4n) is 3.23. The lowest BCUT2D eigenvalue weighted by atomic mass is 10.1. The molecule has 0 bridgehead atoms. The standard InChI is InChI=1S/C23H29BrN2O3S/c1-27-15-12-26(13-16-28-2)11-3-4-14-29-20-9-10-21-22(17-20)30-25-23(21)18-5-7-19(24)8-6-18/h5-10,17H,3-4,11-16H2,1-2H3. The quantitative estimate of drug-likeness (QED) is 0.295. The van der Waals surface area contributed by atoms with Crippen molar-refractivity contribution in [2.45, 2.75) is 12.8 Å². The summed E-state index contributed by atoms with van der Waals surface area (Å²) in [6, 6.07) is 14.5. The molecule has 0 saturated heterocycles. The van der Waals surface area contributed by atoms with Gasteiger partial charge in [-0.15, -0.1) is 0 Å². The number of hydrogen-bond donors (Lipinski definition) is 0. The minimum absolute atomic E-state index is 0.715.